The van der Waals surface area contributed by atoms with Gasteiger partial charge in [0.15, 0.2) is 5.96 Å². The number of guanidine groups is 1. The van der Waals surface area contributed by atoms with Crippen LogP contribution in [0.15, 0.2) is 23.3 Å². The van der Waals surface area contributed by atoms with Crippen LogP contribution < -0.4 is 10.6 Å². The fraction of sp³-hybridized carbons (Fsp3) is 0.647. The van der Waals surface area contributed by atoms with E-state index in [4.69, 9.17) is 16.6 Å². The summed E-state index contributed by atoms with van der Waals surface area (Å²) in [6.07, 6.45) is 2.70. The van der Waals surface area contributed by atoms with Crippen LogP contribution in [0.2, 0.25) is 5.15 Å². The van der Waals surface area contributed by atoms with Gasteiger partial charge in [0.05, 0.1) is 0 Å². The molecule has 6 heteroatoms. The van der Waals surface area contributed by atoms with Crippen LogP contribution in [-0.2, 0) is 6.42 Å². The lowest BCUT2D eigenvalue weighted by molar-refractivity contribution is 0.248. The highest BCUT2D eigenvalue weighted by molar-refractivity contribution is 6.29. The van der Waals surface area contributed by atoms with Crippen LogP contribution in [0.5, 0.6) is 0 Å². The summed E-state index contributed by atoms with van der Waals surface area (Å²) in [5, 5.41) is 7.19. The van der Waals surface area contributed by atoms with Gasteiger partial charge >= 0.3 is 0 Å². The molecular weight excluding hydrogens is 310 g/mol. The normalized spacial score (nSPS) is 12.6. The predicted octanol–water partition coefficient (Wildman–Crippen LogP) is 2.42. The Morgan fingerprint density at radius 1 is 1.30 bits per heavy atom. The van der Waals surface area contributed by atoms with Crippen LogP contribution in [0.4, 0.5) is 0 Å². The highest BCUT2D eigenvalue weighted by Gasteiger charge is 2.18. The monoisotopic (exact) mass is 339 g/mol. The molecule has 0 fully saturated rings. The zero-order valence-electron chi connectivity index (χ0n) is 15.0. The lowest BCUT2D eigenvalue weighted by Gasteiger charge is -2.26. The first kappa shape index (κ1) is 19.7. The van der Waals surface area contributed by atoms with Crippen LogP contribution in [0.1, 0.15) is 26.3 Å². The van der Waals surface area contributed by atoms with Crippen molar-refractivity contribution >= 4 is 17.6 Å². The summed E-state index contributed by atoms with van der Waals surface area (Å²) in [6, 6.07) is 3.82. The van der Waals surface area contributed by atoms with Crippen molar-refractivity contribution in [3.05, 3.63) is 29.0 Å². The van der Waals surface area contributed by atoms with Gasteiger partial charge in [0.1, 0.15) is 5.15 Å². The third kappa shape index (κ3) is 8.77. The van der Waals surface area contributed by atoms with Crippen molar-refractivity contribution in [1.29, 1.82) is 0 Å². The molecule has 0 aliphatic carbocycles. The van der Waals surface area contributed by atoms with Gasteiger partial charge in [0.25, 0.3) is 0 Å². The molecule has 0 saturated carbocycles. The number of hydrogen-bond acceptors (Lipinski definition) is 3. The van der Waals surface area contributed by atoms with Gasteiger partial charge in [-0.15, -0.1) is 0 Å². The van der Waals surface area contributed by atoms with Gasteiger partial charge < -0.3 is 15.5 Å². The number of hydrogen-bond donors (Lipinski definition) is 2. The molecule has 0 amide bonds. The van der Waals surface area contributed by atoms with Crippen LogP contribution in [0.3, 0.4) is 0 Å². The molecule has 5 nitrogen and oxygen atoms in total. The average Bonchev–Trinajstić information content (AvgIpc) is 2.45. The molecule has 0 atom stereocenters. The van der Waals surface area contributed by atoms with Gasteiger partial charge in [0, 0.05) is 32.4 Å². The first-order valence-electron chi connectivity index (χ1n) is 8.10. The maximum atomic E-state index is 5.80. The topological polar surface area (TPSA) is 52.6 Å². The summed E-state index contributed by atoms with van der Waals surface area (Å²) in [4.78, 5) is 11.0. The minimum Gasteiger partial charge on any atom is -0.357 e. The van der Waals surface area contributed by atoms with E-state index < -0.39 is 0 Å². The number of pyridine rings is 1. The van der Waals surface area contributed by atoms with Gasteiger partial charge in [-0.1, -0.05) is 31.5 Å². The Balaban J connectivity index is 2.50. The second-order valence-corrected chi connectivity index (χ2v) is 7.15. The molecule has 0 spiro atoms. The van der Waals surface area contributed by atoms with E-state index in [0.29, 0.717) is 5.15 Å². The first-order chi connectivity index (χ1) is 10.8. The Morgan fingerprint density at radius 3 is 2.61 bits per heavy atom. The Hall–Kier alpha value is -1.33. The van der Waals surface area contributed by atoms with E-state index in [2.05, 4.69) is 55.4 Å². The van der Waals surface area contributed by atoms with E-state index in [1.165, 1.54) is 0 Å². The zero-order valence-corrected chi connectivity index (χ0v) is 15.7. The summed E-state index contributed by atoms with van der Waals surface area (Å²) in [5.74, 6) is 0.862. The second-order valence-electron chi connectivity index (χ2n) is 6.76. The van der Waals surface area contributed by atoms with Crippen LogP contribution >= 0.6 is 11.6 Å². The first-order valence-corrected chi connectivity index (χ1v) is 8.47. The Bertz CT molecular complexity index is 482. The summed E-state index contributed by atoms with van der Waals surface area (Å²) in [6.45, 7) is 9.99. The largest absolute Gasteiger partial charge is 0.357 e. The van der Waals surface area contributed by atoms with Gasteiger partial charge in [-0.2, -0.15) is 0 Å². The van der Waals surface area contributed by atoms with E-state index >= 15 is 0 Å². The van der Waals surface area contributed by atoms with Gasteiger partial charge in [-0.25, -0.2) is 4.98 Å². The molecule has 1 heterocycles. The smallest absolute Gasteiger partial charge is 0.191 e. The highest BCUT2D eigenvalue weighted by atomic mass is 35.5. The lowest BCUT2D eigenvalue weighted by atomic mass is 9.93. The summed E-state index contributed by atoms with van der Waals surface area (Å²) in [7, 11) is 4.18. The number of nitrogens with zero attached hydrogens (tertiary/aromatic N) is 3. The predicted molar refractivity (Wildman–Crippen MR) is 99.3 cm³/mol. The van der Waals surface area contributed by atoms with E-state index in [-0.39, 0.29) is 5.41 Å². The molecule has 0 unspecified atom stereocenters. The van der Waals surface area contributed by atoms with Crippen LogP contribution in [0, 0.1) is 5.41 Å². The molecule has 1 rings (SSSR count). The van der Waals surface area contributed by atoms with Crippen molar-refractivity contribution in [1.82, 2.24) is 20.5 Å². The second kappa shape index (κ2) is 9.73. The zero-order chi connectivity index (χ0) is 17.3. The van der Waals surface area contributed by atoms with Gasteiger partial charge in [-0.05, 0) is 44.5 Å². The van der Waals surface area contributed by atoms with Crippen LogP contribution in [-0.4, -0.2) is 56.1 Å². The van der Waals surface area contributed by atoms with E-state index in [9.17, 15) is 0 Å². The maximum Gasteiger partial charge on any atom is 0.191 e. The molecular formula is C17H30ClN5. The molecule has 23 heavy (non-hydrogen) atoms. The summed E-state index contributed by atoms with van der Waals surface area (Å²) >= 11 is 5.80. The van der Waals surface area contributed by atoms with Crippen molar-refractivity contribution < 1.29 is 0 Å². The van der Waals surface area contributed by atoms with Crippen molar-refractivity contribution in [2.75, 3.05) is 40.3 Å². The molecule has 0 aliphatic heterocycles. The van der Waals surface area contributed by atoms with E-state index in [1.54, 1.807) is 0 Å². The molecule has 1 aromatic rings. The Kier molecular flexibility index (Phi) is 8.34. The summed E-state index contributed by atoms with van der Waals surface area (Å²) < 4.78 is 0. The molecule has 130 valence electrons. The molecule has 0 aromatic carbocycles. The minimum absolute atomic E-state index is 0.145. The maximum absolute atomic E-state index is 5.80. The highest BCUT2D eigenvalue weighted by Crippen LogP contribution is 2.16. The third-order valence-electron chi connectivity index (χ3n) is 3.25. The van der Waals surface area contributed by atoms with Crippen LogP contribution in [0.25, 0.3) is 0 Å². The molecule has 2 N–H and O–H groups in total. The summed E-state index contributed by atoms with van der Waals surface area (Å²) in [5.41, 5.74) is 1.30. The number of aliphatic imine (C=N–C) groups is 1. The van der Waals surface area contributed by atoms with Crippen molar-refractivity contribution in [2.45, 2.75) is 27.2 Å². The van der Waals surface area contributed by atoms with Crippen molar-refractivity contribution in [3.8, 4) is 0 Å². The molecule has 0 saturated heterocycles. The lowest BCUT2D eigenvalue weighted by Crippen LogP contribution is -2.40. The molecule has 0 aliphatic rings. The quantitative estimate of drug-likeness (QED) is 0.434. The SMILES string of the molecule is CCNC(=NCC(C)(C)CN(C)C)NCCc1ccc(Cl)nc1. The molecule has 0 bridgehead atoms. The number of aromatic nitrogens is 1. The minimum atomic E-state index is 0.145. The number of rotatable bonds is 8. The van der Waals surface area contributed by atoms with E-state index in [0.717, 1.165) is 44.1 Å². The van der Waals surface area contributed by atoms with Gasteiger partial charge in [0.2, 0.25) is 0 Å². The fourth-order valence-electron chi connectivity index (χ4n) is 2.42. The number of halogens is 1. The van der Waals surface area contributed by atoms with Crippen molar-refractivity contribution in [3.63, 3.8) is 0 Å². The fourth-order valence-corrected chi connectivity index (χ4v) is 2.53. The third-order valence-corrected chi connectivity index (χ3v) is 3.47. The number of nitrogens with one attached hydrogen (secondary N) is 2. The van der Waals surface area contributed by atoms with Gasteiger partial charge in [-0.3, -0.25) is 4.99 Å². The van der Waals surface area contributed by atoms with Crippen molar-refractivity contribution in [2.24, 2.45) is 10.4 Å². The molecule has 1 aromatic heterocycles. The average molecular weight is 340 g/mol. The standard InChI is InChI=1S/C17H30ClN5/c1-6-19-16(22-12-17(2,3)13-23(4)5)20-10-9-14-7-8-15(18)21-11-14/h7-8,11H,6,9-10,12-13H2,1-5H3,(H2,19,20,22). The Morgan fingerprint density at radius 2 is 2.04 bits per heavy atom. The van der Waals surface area contributed by atoms with E-state index in [1.807, 2.05) is 18.3 Å². The Labute approximate surface area is 145 Å². The molecule has 0 radical (unpaired) electrons.